The summed E-state index contributed by atoms with van der Waals surface area (Å²) in [5.74, 6) is 4.95. The number of amides is 2. The topological polar surface area (TPSA) is 129 Å². The molecule has 3 aromatic heterocycles. The molecule has 0 radical (unpaired) electrons. The zero-order chi connectivity index (χ0) is 25.4. The predicted octanol–water partition coefficient (Wildman–Crippen LogP) is 2.20. The van der Waals surface area contributed by atoms with Gasteiger partial charge in [0.15, 0.2) is 5.96 Å². The molecule has 5 rings (SSSR count). The van der Waals surface area contributed by atoms with E-state index in [0.717, 1.165) is 20.9 Å². The van der Waals surface area contributed by atoms with E-state index >= 15 is 0 Å². The third-order valence-electron chi connectivity index (χ3n) is 6.43. The van der Waals surface area contributed by atoms with Crippen molar-refractivity contribution < 1.29 is 9.59 Å². The van der Waals surface area contributed by atoms with E-state index in [-0.39, 0.29) is 36.6 Å². The number of guanidine groups is 1. The quantitative estimate of drug-likeness (QED) is 0.555. The number of aliphatic imine (C=N–C) groups is 1. The summed E-state index contributed by atoms with van der Waals surface area (Å²) in [6.07, 6.45) is 4.86. The van der Waals surface area contributed by atoms with E-state index < -0.39 is 11.5 Å². The molecule has 0 bridgehead atoms. The molecule has 178 valence electrons. The molecule has 5 heterocycles. The van der Waals surface area contributed by atoms with Gasteiger partial charge in [-0.25, -0.2) is 9.98 Å². The highest BCUT2D eigenvalue weighted by Gasteiger charge is 2.57. The standard InChI is InChI=1S/C26H21N7O2S/c1-3-4-16-9-18(12-29-11-16)21-7-8-22(36-21)26-15-33(14-20(26)24(35)32(2)25(28)31-26)23(34)17-5-6-19(10-27)30-13-17/h5-9,11-13,20H,14-15H2,1-2H3,(H2,28,31). The Kier molecular flexibility index (Phi) is 5.75. The highest BCUT2D eigenvalue weighted by molar-refractivity contribution is 7.15. The number of rotatable bonds is 3. The predicted molar refractivity (Wildman–Crippen MR) is 135 cm³/mol. The Morgan fingerprint density at radius 2 is 2.08 bits per heavy atom. The third-order valence-corrected chi connectivity index (χ3v) is 7.74. The molecule has 0 aromatic carbocycles. The van der Waals surface area contributed by atoms with Crippen molar-refractivity contribution in [3.63, 3.8) is 0 Å². The molecule has 36 heavy (non-hydrogen) atoms. The lowest BCUT2D eigenvalue weighted by Gasteiger charge is -2.36. The van der Waals surface area contributed by atoms with Gasteiger partial charge >= 0.3 is 0 Å². The number of thiophene rings is 1. The van der Waals surface area contributed by atoms with Crippen LogP contribution in [0.2, 0.25) is 0 Å². The number of pyridine rings is 2. The fourth-order valence-corrected chi connectivity index (χ4v) is 5.77. The Morgan fingerprint density at radius 1 is 1.25 bits per heavy atom. The van der Waals surface area contributed by atoms with Crippen LogP contribution in [-0.4, -0.2) is 57.7 Å². The van der Waals surface area contributed by atoms with Crippen LogP contribution in [0.4, 0.5) is 0 Å². The Labute approximate surface area is 211 Å². The van der Waals surface area contributed by atoms with Gasteiger partial charge in [-0.15, -0.1) is 17.3 Å². The number of carbonyl (C=O) groups is 2. The van der Waals surface area contributed by atoms with Crippen LogP contribution in [0.25, 0.3) is 10.4 Å². The van der Waals surface area contributed by atoms with Crippen molar-refractivity contribution in [3.8, 4) is 28.4 Å². The van der Waals surface area contributed by atoms with Crippen molar-refractivity contribution in [2.75, 3.05) is 20.1 Å². The van der Waals surface area contributed by atoms with E-state index in [4.69, 9.17) is 16.0 Å². The highest BCUT2D eigenvalue weighted by Crippen LogP contribution is 2.47. The first-order chi connectivity index (χ1) is 17.4. The van der Waals surface area contributed by atoms with Gasteiger partial charge < -0.3 is 10.6 Å². The fraction of sp³-hybridized carbons (Fsp3) is 0.231. The minimum atomic E-state index is -0.999. The van der Waals surface area contributed by atoms with Crippen LogP contribution in [0.15, 0.2) is 53.9 Å². The third kappa shape index (κ3) is 3.78. The highest BCUT2D eigenvalue weighted by atomic mass is 32.1. The Hall–Kier alpha value is -4.54. The van der Waals surface area contributed by atoms with E-state index in [1.807, 2.05) is 24.3 Å². The summed E-state index contributed by atoms with van der Waals surface area (Å²) in [5.41, 5.74) is 7.46. The second kappa shape index (κ2) is 8.91. The number of nitrogens with zero attached hydrogens (tertiary/aromatic N) is 6. The molecule has 2 amide bonds. The lowest BCUT2D eigenvalue weighted by molar-refractivity contribution is -0.132. The molecule has 9 nitrogen and oxygen atoms in total. The monoisotopic (exact) mass is 495 g/mol. The molecule has 3 aromatic rings. The molecule has 0 spiro atoms. The molecule has 1 saturated heterocycles. The normalized spacial score (nSPS) is 20.8. The SMILES string of the molecule is CC#Cc1cncc(-c2ccc(C34CN(C(=O)c5ccc(C#N)nc5)CC3C(=O)N(C)C(N)=N4)s2)c1. The van der Waals surface area contributed by atoms with Gasteiger partial charge in [-0.2, -0.15) is 5.26 Å². The minimum absolute atomic E-state index is 0.113. The van der Waals surface area contributed by atoms with Crippen LogP contribution in [0.3, 0.4) is 0 Å². The summed E-state index contributed by atoms with van der Waals surface area (Å²) in [7, 11) is 1.59. The first-order valence-corrected chi connectivity index (χ1v) is 11.9. The van der Waals surface area contributed by atoms with Gasteiger partial charge in [0, 0.05) is 53.1 Å². The smallest absolute Gasteiger partial charge is 0.255 e. The van der Waals surface area contributed by atoms with Gasteiger partial charge in [0.05, 0.1) is 18.0 Å². The number of carbonyl (C=O) groups excluding carboxylic acids is 2. The molecule has 2 N–H and O–H groups in total. The zero-order valence-electron chi connectivity index (χ0n) is 19.6. The number of hydrogen-bond acceptors (Lipinski definition) is 8. The summed E-state index contributed by atoms with van der Waals surface area (Å²) >= 11 is 1.50. The molecule has 2 aliphatic rings. The number of hydrogen-bond donors (Lipinski definition) is 1. The first-order valence-electron chi connectivity index (χ1n) is 11.1. The summed E-state index contributed by atoms with van der Waals surface area (Å²) in [6, 6.07) is 10.9. The second-order valence-electron chi connectivity index (χ2n) is 8.57. The van der Waals surface area contributed by atoms with Gasteiger partial charge in [0.25, 0.3) is 5.91 Å². The van der Waals surface area contributed by atoms with E-state index in [1.165, 1.54) is 28.5 Å². The van der Waals surface area contributed by atoms with Crippen LogP contribution in [-0.2, 0) is 10.3 Å². The molecular formula is C26H21N7O2S. The van der Waals surface area contributed by atoms with Crippen LogP contribution in [0.1, 0.15) is 33.4 Å². The molecule has 2 atom stereocenters. The van der Waals surface area contributed by atoms with Crippen molar-refractivity contribution >= 4 is 29.1 Å². The van der Waals surface area contributed by atoms with E-state index in [9.17, 15) is 9.59 Å². The van der Waals surface area contributed by atoms with Gasteiger partial charge in [0.1, 0.15) is 17.3 Å². The van der Waals surface area contributed by atoms with Gasteiger partial charge in [-0.3, -0.25) is 19.5 Å². The van der Waals surface area contributed by atoms with Crippen LogP contribution >= 0.6 is 11.3 Å². The molecule has 1 fully saturated rings. The summed E-state index contributed by atoms with van der Waals surface area (Å²) < 4.78 is 0. The molecule has 2 unspecified atom stereocenters. The van der Waals surface area contributed by atoms with Crippen molar-refractivity contribution in [2.24, 2.45) is 16.6 Å². The average molecular weight is 496 g/mol. The Bertz CT molecular complexity index is 1510. The Morgan fingerprint density at radius 3 is 2.81 bits per heavy atom. The maximum Gasteiger partial charge on any atom is 0.255 e. The van der Waals surface area contributed by atoms with E-state index in [2.05, 4.69) is 21.8 Å². The average Bonchev–Trinajstić information content (AvgIpc) is 3.54. The van der Waals surface area contributed by atoms with Crippen molar-refractivity contribution in [3.05, 3.63) is 70.6 Å². The zero-order valence-corrected chi connectivity index (χ0v) is 20.4. The summed E-state index contributed by atoms with van der Waals surface area (Å²) in [6.45, 7) is 2.15. The largest absolute Gasteiger partial charge is 0.369 e. The maximum absolute atomic E-state index is 13.3. The van der Waals surface area contributed by atoms with Crippen LogP contribution in [0, 0.1) is 29.1 Å². The molecule has 10 heteroatoms. The van der Waals surface area contributed by atoms with Crippen molar-refractivity contribution in [1.29, 1.82) is 5.26 Å². The molecule has 2 aliphatic heterocycles. The van der Waals surface area contributed by atoms with E-state index in [0.29, 0.717) is 5.56 Å². The molecular weight excluding hydrogens is 474 g/mol. The first kappa shape index (κ1) is 23.2. The Balaban J connectivity index is 1.54. The minimum Gasteiger partial charge on any atom is -0.369 e. The lowest BCUT2D eigenvalue weighted by Crippen LogP contribution is -2.54. The van der Waals surface area contributed by atoms with Crippen LogP contribution < -0.4 is 5.73 Å². The number of aromatic nitrogens is 2. The summed E-state index contributed by atoms with van der Waals surface area (Å²) in [4.78, 5) is 44.5. The maximum atomic E-state index is 13.3. The van der Waals surface area contributed by atoms with E-state index in [1.54, 1.807) is 37.3 Å². The number of fused-ring (bicyclic) bond motifs is 1. The van der Waals surface area contributed by atoms with Crippen LogP contribution in [0.5, 0.6) is 0 Å². The lowest BCUT2D eigenvalue weighted by atomic mass is 9.84. The number of nitriles is 1. The van der Waals surface area contributed by atoms with Crippen molar-refractivity contribution in [1.82, 2.24) is 19.8 Å². The molecule has 0 aliphatic carbocycles. The van der Waals surface area contributed by atoms with Gasteiger partial charge in [-0.1, -0.05) is 5.92 Å². The fourth-order valence-electron chi connectivity index (χ4n) is 4.60. The van der Waals surface area contributed by atoms with Gasteiger partial charge in [0.2, 0.25) is 5.91 Å². The van der Waals surface area contributed by atoms with Gasteiger partial charge in [-0.05, 0) is 37.3 Å². The van der Waals surface area contributed by atoms with Crippen molar-refractivity contribution in [2.45, 2.75) is 12.5 Å². The summed E-state index contributed by atoms with van der Waals surface area (Å²) in [5, 5.41) is 9.00. The molecule has 0 saturated carbocycles. The number of nitrogens with two attached hydrogens (primary N) is 1. The second-order valence-corrected chi connectivity index (χ2v) is 9.66. The number of likely N-dealkylation sites (tertiary alicyclic amines) is 1.